The summed E-state index contributed by atoms with van der Waals surface area (Å²) in [5.74, 6) is -10.5. The molecule has 1 heterocycles. The Kier molecular flexibility index (Phi) is 32.6. The molecule has 0 aromatic heterocycles. The molecule has 0 saturated carbocycles. The molecular weight excluding hydrogens is 1120 g/mol. The standard InChI is InChI=1S/C62H113N11O14/c1-24-42-58(83)67(17)32-47(74)68(18)43(28-33(2)3)55(80)66-49(37(10)11)61(86)69(19)44(29-34(4)5)54(79)63-40(15)53(78)64-41(16)57(82)70(20)45(30-35(6)7)59(84)71(21)46(31-36(8)9)60(85)72(22)50(38(12)13)62(87)73(23)51(56(81)65-42)52(77)39(14)26-25-27-48(75)76/h33-46,49-52,60,77,85H,24-32H2,1-23H3,(H,63,79)(H,64,78)(H,65,81)(H,66,80)(H,75,76)/t39-,40+,41-,42+,43+,44+,45+,46+,49+,50+,51+,52-,60?/m1/s1. The monoisotopic (exact) mass is 1240 g/mol. The Balaban J connectivity index is 4.33. The van der Waals surface area contributed by atoms with Crippen LogP contribution < -0.4 is 21.3 Å². The van der Waals surface area contributed by atoms with Crippen LogP contribution in [0.15, 0.2) is 0 Å². The van der Waals surface area contributed by atoms with Crippen molar-refractivity contribution in [2.24, 2.45) is 41.4 Å². The van der Waals surface area contributed by atoms with Gasteiger partial charge in [-0.2, -0.15) is 0 Å². The number of aliphatic hydroxyl groups excluding tert-OH is 2. The Bertz CT molecular complexity index is 2330. The van der Waals surface area contributed by atoms with Crippen molar-refractivity contribution in [3.8, 4) is 0 Å². The van der Waals surface area contributed by atoms with E-state index in [4.69, 9.17) is 0 Å². The fraction of sp³-hybridized carbons (Fsp3) is 0.823. The number of nitrogens with one attached hydrogen (secondary N) is 4. The number of carbonyl (C=O) groups is 11. The van der Waals surface area contributed by atoms with E-state index in [0.717, 1.165) is 9.80 Å². The second-order valence-electron chi connectivity index (χ2n) is 26.8. The third kappa shape index (κ3) is 22.9. The zero-order chi connectivity index (χ0) is 67.6. The fourth-order valence-electron chi connectivity index (χ4n) is 11.1. The number of hydrogen-bond acceptors (Lipinski definition) is 14. The quantitative estimate of drug-likeness (QED) is 0.110. The Labute approximate surface area is 519 Å². The second-order valence-corrected chi connectivity index (χ2v) is 26.8. The van der Waals surface area contributed by atoms with E-state index in [-0.39, 0.29) is 75.0 Å². The molecular formula is C62H113N11O14. The zero-order valence-corrected chi connectivity index (χ0v) is 56.8. The van der Waals surface area contributed by atoms with Crippen LogP contribution in [0.4, 0.5) is 0 Å². The predicted molar refractivity (Wildman–Crippen MR) is 332 cm³/mol. The van der Waals surface area contributed by atoms with Gasteiger partial charge in [-0.15, -0.1) is 0 Å². The Morgan fingerprint density at radius 2 is 0.989 bits per heavy atom. The Morgan fingerprint density at radius 3 is 1.46 bits per heavy atom. The smallest absolute Gasteiger partial charge is 0.303 e. The van der Waals surface area contributed by atoms with Crippen molar-refractivity contribution in [2.45, 2.75) is 235 Å². The van der Waals surface area contributed by atoms with Crippen LogP contribution in [0.25, 0.3) is 0 Å². The molecule has 1 aliphatic heterocycles. The Morgan fingerprint density at radius 1 is 0.517 bits per heavy atom. The van der Waals surface area contributed by atoms with Crippen molar-refractivity contribution in [3.63, 3.8) is 0 Å². The number of aliphatic carboxylic acids is 1. The van der Waals surface area contributed by atoms with Gasteiger partial charge in [0, 0.05) is 48.7 Å². The molecule has 1 aliphatic rings. The topological polar surface area (TPSA) is 319 Å². The minimum Gasteiger partial charge on any atom is -0.481 e. The van der Waals surface area contributed by atoms with Crippen LogP contribution in [0.2, 0.25) is 0 Å². The number of aliphatic hydroxyl groups is 2. The van der Waals surface area contributed by atoms with E-state index < -0.39 is 162 Å². The van der Waals surface area contributed by atoms with Crippen LogP contribution in [-0.2, 0) is 52.7 Å². The molecule has 1 saturated heterocycles. The van der Waals surface area contributed by atoms with Crippen molar-refractivity contribution in [1.82, 2.24) is 55.6 Å². The first kappa shape index (κ1) is 79.1. The van der Waals surface area contributed by atoms with Gasteiger partial charge >= 0.3 is 5.97 Å². The highest BCUT2D eigenvalue weighted by atomic mass is 16.4. The van der Waals surface area contributed by atoms with Gasteiger partial charge < -0.3 is 66.0 Å². The normalized spacial score (nSPS) is 27.5. The highest BCUT2D eigenvalue weighted by Crippen LogP contribution is 2.27. The molecule has 0 aliphatic carbocycles. The largest absolute Gasteiger partial charge is 0.481 e. The van der Waals surface area contributed by atoms with Crippen LogP contribution in [-0.4, -0.2) is 243 Å². The fourth-order valence-corrected chi connectivity index (χ4v) is 11.1. The first-order chi connectivity index (χ1) is 40.1. The molecule has 87 heavy (non-hydrogen) atoms. The van der Waals surface area contributed by atoms with Gasteiger partial charge in [-0.3, -0.25) is 57.6 Å². The van der Waals surface area contributed by atoms with Crippen molar-refractivity contribution < 1.29 is 68.1 Å². The molecule has 500 valence electrons. The number of rotatable bonds is 17. The summed E-state index contributed by atoms with van der Waals surface area (Å²) in [7, 11) is 9.91. The summed E-state index contributed by atoms with van der Waals surface area (Å²) >= 11 is 0. The maximum atomic E-state index is 15.2. The molecule has 0 bridgehead atoms. The van der Waals surface area contributed by atoms with Crippen molar-refractivity contribution >= 4 is 65.0 Å². The van der Waals surface area contributed by atoms with Crippen molar-refractivity contribution in [3.05, 3.63) is 0 Å². The minimum absolute atomic E-state index is 0.0210. The number of carbonyl (C=O) groups excluding carboxylic acids is 10. The number of amides is 10. The van der Waals surface area contributed by atoms with Gasteiger partial charge in [0.05, 0.1) is 24.7 Å². The van der Waals surface area contributed by atoms with E-state index >= 15 is 9.59 Å². The van der Waals surface area contributed by atoms with Crippen LogP contribution in [0.1, 0.15) is 162 Å². The summed E-state index contributed by atoms with van der Waals surface area (Å²) in [4.78, 5) is 165. The summed E-state index contributed by atoms with van der Waals surface area (Å²) < 4.78 is 0. The molecule has 1 fully saturated rings. The lowest BCUT2D eigenvalue weighted by atomic mass is 9.90. The number of carboxylic acids is 1. The summed E-state index contributed by atoms with van der Waals surface area (Å²) in [6.45, 7) is 27.3. The van der Waals surface area contributed by atoms with E-state index in [0.29, 0.717) is 0 Å². The van der Waals surface area contributed by atoms with Crippen LogP contribution in [0, 0.1) is 41.4 Å². The lowest BCUT2D eigenvalue weighted by molar-refractivity contribution is -0.159. The van der Waals surface area contributed by atoms with Gasteiger partial charge in [-0.25, -0.2) is 0 Å². The average Bonchev–Trinajstić information content (AvgIpc) is 1.19. The first-order valence-corrected chi connectivity index (χ1v) is 31.2. The Hall–Kier alpha value is -5.95. The lowest BCUT2D eigenvalue weighted by Gasteiger charge is -2.44. The molecule has 1 rings (SSSR count). The molecule has 13 atom stereocenters. The molecule has 0 radical (unpaired) electrons. The van der Waals surface area contributed by atoms with Gasteiger partial charge in [-0.05, 0) is 107 Å². The van der Waals surface area contributed by atoms with Gasteiger partial charge in [0.15, 0.2) is 0 Å². The maximum Gasteiger partial charge on any atom is 0.303 e. The second kappa shape index (κ2) is 35.9. The summed E-state index contributed by atoms with van der Waals surface area (Å²) in [5, 5.41) is 45.0. The zero-order valence-electron chi connectivity index (χ0n) is 56.8. The van der Waals surface area contributed by atoms with Crippen molar-refractivity contribution in [1.29, 1.82) is 0 Å². The van der Waals surface area contributed by atoms with Gasteiger partial charge in [-0.1, -0.05) is 96.9 Å². The first-order valence-electron chi connectivity index (χ1n) is 31.2. The lowest BCUT2D eigenvalue weighted by Crippen LogP contribution is -2.64. The van der Waals surface area contributed by atoms with Crippen LogP contribution in [0.3, 0.4) is 0 Å². The summed E-state index contributed by atoms with van der Waals surface area (Å²) in [6, 6.07) is -12.3. The van der Waals surface area contributed by atoms with E-state index in [1.165, 1.54) is 87.7 Å². The molecule has 25 heteroatoms. The average molecular weight is 1240 g/mol. The minimum atomic E-state index is -1.70. The third-order valence-electron chi connectivity index (χ3n) is 16.6. The highest BCUT2D eigenvalue weighted by Gasteiger charge is 2.46. The van der Waals surface area contributed by atoms with E-state index in [9.17, 15) is 58.5 Å². The molecule has 25 nitrogen and oxygen atoms in total. The van der Waals surface area contributed by atoms with Crippen molar-refractivity contribution in [2.75, 3.05) is 55.9 Å². The van der Waals surface area contributed by atoms with E-state index in [1.54, 1.807) is 41.5 Å². The molecule has 7 N–H and O–H groups in total. The van der Waals surface area contributed by atoms with Gasteiger partial charge in [0.2, 0.25) is 59.1 Å². The molecule has 10 amide bonds. The number of carboxylic acid groups (broad SMARTS) is 1. The molecule has 0 spiro atoms. The van der Waals surface area contributed by atoms with E-state index in [1.807, 2.05) is 55.4 Å². The molecule has 0 aromatic carbocycles. The maximum absolute atomic E-state index is 15.2. The van der Waals surface area contributed by atoms with E-state index in [2.05, 4.69) is 21.3 Å². The summed E-state index contributed by atoms with van der Waals surface area (Å²) in [6.07, 6.45) is -2.54. The SMILES string of the molecule is CC[C@@H]1NC(=O)[C@H]([C@H](O)[C@H](C)CCCC(=O)O)N(C)C(=O)[C@H](C(C)C)N(C)C(O)[C@H](CC(C)C)N(C)C(=O)[C@H](CC(C)C)N(C)C(=O)[C@@H](C)NC(=O)[C@H](C)NC(=O)[C@H](CC(C)C)N(C)C(=O)[C@H](C(C)C)NC(=O)[C@H](CC(C)C)N(C)C(=O)CN(C)C1=O. The van der Waals surface area contributed by atoms with Crippen LogP contribution in [0.5, 0.6) is 0 Å². The molecule has 0 aromatic rings. The van der Waals surface area contributed by atoms with Gasteiger partial charge in [0.25, 0.3) is 0 Å². The third-order valence-corrected chi connectivity index (χ3v) is 16.6. The number of likely N-dealkylation sites (N-methyl/N-ethyl adjacent to an activating group) is 7. The number of nitrogens with zero attached hydrogens (tertiary/aromatic N) is 7. The van der Waals surface area contributed by atoms with Crippen LogP contribution >= 0.6 is 0 Å². The predicted octanol–water partition coefficient (Wildman–Crippen LogP) is 2.35. The summed E-state index contributed by atoms with van der Waals surface area (Å²) in [5.41, 5.74) is 0. The molecule has 1 unspecified atom stereocenters. The highest BCUT2D eigenvalue weighted by molar-refractivity contribution is 5.98. The van der Waals surface area contributed by atoms with Gasteiger partial charge in [0.1, 0.15) is 54.6 Å². The number of hydrogen-bond donors (Lipinski definition) is 7.